The maximum absolute atomic E-state index is 12.3. The molecule has 0 atom stereocenters. The number of amides is 2. The lowest BCUT2D eigenvalue weighted by Gasteiger charge is -2.37. The van der Waals surface area contributed by atoms with Crippen molar-refractivity contribution in [1.82, 2.24) is 5.32 Å². The van der Waals surface area contributed by atoms with E-state index in [1.165, 1.54) is 5.56 Å². The summed E-state index contributed by atoms with van der Waals surface area (Å²) < 4.78 is 16.0. The van der Waals surface area contributed by atoms with Crippen molar-refractivity contribution in [3.05, 3.63) is 40.6 Å². The van der Waals surface area contributed by atoms with Crippen molar-refractivity contribution < 1.29 is 23.8 Å². The summed E-state index contributed by atoms with van der Waals surface area (Å²) in [5.41, 5.74) is 1.48. The van der Waals surface area contributed by atoms with Crippen LogP contribution < -0.4 is 20.1 Å². The highest BCUT2D eigenvalue weighted by molar-refractivity contribution is 7.08. The van der Waals surface area contributed by atoms with Crippen LogP contribution in [0.2, 0.25) is 0 Å². The zero-order valence-electron chi connectivity index (χ0n) is 14.7. The monoisotopic (exact) mass is 388 g/mol. The third-order valence-corrected chi connectivity index (χ3v) is 5.69. The predicted molar refractivity (Wildman–Crippen MR) is 100 cm³/mol. The fourth-order valence-corrected chi connectivity index (χ4v) is 4.17. The van der Waals surface area contributed by atoms with Gasteiger partial charge in [0, 0.05) is 36.9 Å². The lowest BCUT2D eigenvalue weighted by molar-refractivity contribution is -0.136. The molecule has 142 valence electrons. The summed E-state index contributed by atoms with van der Waals surface area (Å²) in [6.07, 6.45) is 1.63. The first-order chi connectivity index (χ1) is 13.2. The van der Waals surface area contributed by atoms with Crippen LogP contribution >= 0.6 is 11.3 Å². The zero-order chi connectivity index (χ0) is 18.7. The third-order valence-electron chi connectivity index (χ3n) is 5.01. The van der Waals surface area contributed by atoms with Crippen LogP contribution in [-0.2, 0) is 19.7 Å². The molecule has 0 aliphatic carbocycles. The SMILES string of the molecule is O=C(NCC1(c2ccsc2)CCOCC1)C(=O)Nc1ccc2c(c1)OCO2. The van der Waals surface area contributed by atoms with Crippen molar-refractivity contribution in [3.63, 3.8) is 0 Å². The van der Waals surface area contributed by atoms with Gasteiger partial charge >= 0.3 is 11.8 Å². The molecule has 2 aromatic rings. The van der Waals surface area contributed by atoms with Crippen LogP contribution in [0.1, 0.15) is 18.4 Å². The molecule has 27 heavy (non-hydrogen) atoms. The topological polar surface area (TPSA) is 85.9 Å². The molecule has 1 aromatic heterocycles. The highest BCUT2D eigenvalue weighted by Crippen LogP contribution is 2.36. The highest BCUT2D eigenvalue weighted by atomic mass is 32.1. The van der Waals surface area contributed by atoms with Gasteiger partial charge in [0.25, 0.3) is 0 Å². The van der Waals surface area contributed by atoms with Crippen molar-refractivity contribution in [2.45, 2.75) is 18.3 Å². The summed E-state index contributed by atoms with van der Waals surface area (Å²) >= 11 is 1.63. The van der Waals surface area contributed by atoms with Crippen LogP contribution in [0.25, 0.3) is 0 Å². The number of anilines is 1. The van der Waals surface area contributed by atoms with Crippen molar-refractivity contribution in [1.29, 1.82) is 0 Å². The third kappa shape index (κ3) is 3.77. The van der Waals surface area contributed by atoms with Gasteiger partial charge in [-0.15, -0.1) is 0 Å². The Morgan fingerprint density at radius 1 is 1.07 bits per heavy atom. The molecule has 0 bridgehead atoms. The first-order valence-corrected chi connectivity index (χ1v) is 9.70. The summed E-state index contributed by atoms with van der Waals surface area (Å²) in [7, 11) is 0. The molecule has 2 aliphatic heterocycles. The summed E-state index contributed by atoms with van der Waals surface area (Å²) in [5, 5.41) is 9.52. The number of thiophene rings is 1. The largest absolute Gasteiger partial charge is 0.454 e. The van der Waals surface area contributed by atoms with Gasteiger partial charge in [-0.3, -0.25) is 9.59 Å². The van der Waals surface area contributed by atoms with Gasteiger partial charge in [0.05, 0.1) is 0 Å². The number of hydrogen-bond donors (Lipinski definition) is 2. The molecule has 8 heteroatoms. The van der Waals surface area contributed by atoms with E-state index in [4.69, 9.17) is 14.2 Å². The molecule has 1 fully saturated rings. The Morgan fingerprint density at radius 2 is 1.89 bits per heavy atom. The van der Waals surface area contributed by atoms with E-state index in [0.29, 0.717) is 36.9 Å². The second kappa shape index (κ2) is 7.58. The molecular weight excluding hydrogens is 368 g/mol. The molecule has 2 aliphatic rings. The zero-order valence-corrected chi connectivity index (χ0v) is 15.5. The quantitative estimate of drug-likeness (QED) is 0.785. The predicted octanol–water partition coefficient (Wildman–Crippen LogP) is 2.28. The van der Waals surface area contributed by atoms with Gasteiger partial charge in [0.15, 0.2) is 11.5 Å². The van der Waals surface area contributed by atoms with E-state index in [0.717, 1.165) is 12.8 Å². The number of hydrogen-bond acceptors (Lipinski definition) is 6. The number of carbonyl (C=O) groups excluding carboxylic acids is 2. The molecule has 4 rings (SSSR count). The van der Waals surface area contributed by atoms with E-state index in [1.807, 2.05) is 5.38 Å². The Hall–Kier alpha value is -2.58. The average molecular weight is 388 g/mol. The molecule has 0 radical (unpaired) electrons. The summed E-state index contributed by atoms with van der Waals surface area (Å²) in [4.78, 5) is 24.6. The first-order valence-electron chi connectivity index (χ1n) is 8.76. The summed E-state index contributed by atoms with van der Waals surface area (Å²) in [5.74, 6) is -0.198. The van der Waals surface area contributed by atoms with Crippen molar-refractivity contribution in [3.8, 4) is 11.5 Å². The number of benzene rings is 1. The number of ether oxygens (including phenoxy) is 3. The van der Waals surface area contributed by atoms with Crippen LogP contribution in [0.3, 0.4) is 0 Å². The Kier molecular flexibility index (Phi) is 5.00. The molecule has 0 unspecified atom stereocenters. The van der Waals surface area contributed by atoms with Gasteiger partial charge in [0.1, 0.15) is 0 Å². The van der Waals surface area contributed by atoms with E-state index >= 15 is 0 Å². The number of rotatable bonds is 4. The van der Waals surface area contributed by atoms with Crippen molar-refractivity contribution in [2.24, 2.45) is 0 Å². The van der Waals surface area contributed by atoms with Gasteiger partial charge < -0.3 is 24.8 Å². The summed E-state index contributed by atoms with van der Waals surface area (Å²) in [6, 6.07) is 7.08. The molecule has 0 spiro atoms. The highest BCUT2D eigenvalue weighted by Gasteiger charge is 2.35. The summed E-state index contributed by atoms with van der Waals surface area (Å²) in [6.45, 7) is 1.85. The molecule has 3 heterocycles. The smallest absolute Gasteiger partial charge is 0.313 e. The number of fused-ring (bicyclic) bond motifs is 1. The average Bonchev–Trinajstić information content (AvgIpc) is 3.38. The lowest BCUT2D eigenvalue weighted by Crippen LogP contribution is -2.47. The van der Waals surface area contributed by atoms with Crippen LogP contribution in [0.4, 0.5) is 5.69 Å². The fraction of sp³-hybridized carbons (Fsp3) is 0.368. The van der Waals surface area contributed by atoms with Crippen molar-refractivity contribution >= 4 is 28.8 Å². The maximum Gasteiger partial charge on any atom is 0.313 e. The van der Waals surface area contributed by atoms with E-state index in [-0.39, 0.29) is 12.2 Å². The second-order valence-electron chi connectivity index (χ2n) is 6.61. The second-order valence-corrected chi connectivity index (χ2v) is 7.39. The van der Waals surface area contributed by atoms with E-state index < -0.39 is 11.8 Å². The first kappa shape index (κ1) is 17.8. The minimum Gasteiger partial charge on any atom is -0.454 e. The van der Waals surface area contributed by atoms with Gasteiger partial charge in [0.2, 0.25) is 6.79 Å². The van der Waals surface area contributed by atoms with Crippen LogP contribution in [0, 0.1) is 0 Å². The van der Waals surface area contributed by atoms with Crippen LogP contribution in [-0.4, -0.2) is 38.4 Å². The molecule has 1 aromatic carbocycles. The molecule has 2 amide bonds. The molecule has 7 nitrogen and oxygen atoms in total. The van der Waals surface area contributed by atoms with Crippen LogP contribution in [0.5, 0.6) is 11.5 Å². The molecule has 2 N–H and O–H groups in total. The maximum atomic E-state index is 12.3. The molecule has 1 saturated heterocycles. The Labute approximate surface area is 160 Å². The fourth-order valence-electron chi connectivity index (χ4n) is 3.39. The van der Waals surface area contributed by atoms with Crippen LogP contribution in [0.15, 0.2) is 35.0 Å². The van der Waals surface area contributed by atoms with Gasteiger partial charge in [-0.25, -0.2) is 0 Å². The van der Waals surface area contributed by atoms with Gasteiger partial charge in [-0.05, 0) is 47.4 Å². The van der Waals surface area contributed by atoms with E-state index in [9.17, 15) is 9.59 Å². The standard InChI is InChI=1S/C19H20N2O5S/c22-17(18(23)21-14-1-2-15-16(9-14)26-12-25-15)20-11-19(4-6-24-7-5-19)13-3-8-27-10-13/h1-3,8-10H,4-7,11-12H2,(H,20,22)(H,21,23). The van der Waals surface area contributed by atoms with Crippen molar-refractivity contribution in [2.75, 3.05) is 31.9 Å². The van der Waals surface area contributed by atoms with E-state index in [1.54, 1.807) is 29.5 Å². The minimum absolute atomic E-state index is 0.154. The van der Waals surface area contributed by atoms with Gasteiger partial charge in [-0.1, -0.05) is 0 Å². The minimum atomic E-state index is -0.707. The Morgan fingerprint density at radius 3 is 2.67 bits per heavy atom. The van der Waals surface area contributed by atoms with E-state index in [2.05, 4.69) is 22.1 Å². The molecular formula is C19H20N2O5S. The Balaban J connectivity index is 1.38. The normalized spacial score (nSPS) is 17.3. The molecule has 0 saturated carbocycles. The van der Waals surface area contributed by atoms with Gasteiger partial charge in [-0.2, -0.15) is 11.3 Å². The number of carbonyl (C=O) groups is 2. The Bertz CT molecular complexity index is 831. The number of nitrogens with one attached hydrogen (secondary N) is 2. The lowest BCUT2D eigenvalue weighted by atomic mass is 9.75.